The van der Waals surface area contributed by atoms with Gasteiger partial charge in [-0.2, -0.15) is 0 Å². The maximum Gasteiger partial charge on any atom is 0.305 e. The van der Waals surface area contributed by atoms with Crippen LogP contribution in [0.4, 0.5) is 0 Å². The standard InChI is InChI=1S/C33H41N3O2S/c37-31(38)20-33(16-8-3-9-17-33)36-23-28(29(24-36)25-10-4-1-5-11-25)22-35-18-14-26(15-19-35)30-21-34-32(39-30)27-12-6-2-7-13-27/h1-2,4-7,10-13,21,26,28-29H,3,8-9,14-20,22-24H2,(H,37,38). The smallest absolute Gasteiger partial charge is 0.305 e. The largest absolute Gasteiger partial charge is 0.481 e. The molecule has 1 saturated carbocycles. The molecule has 39 heavy (non-hydrogen) atoms. The lowest BCUT2D eigenvalue weighted by Gasteiger charge is -2.44. The summed E-state index contributed by atoms with van der Waals surface area (Å²) in [4.78, 5) is 23.4. The van der Waals surface area contributed by atoms with Crippen LogP contribution in [0.1, 0.15) is 73.6 Å². The van der Waals surface area contributed by atoms with Gasteiger partial charge in [-0.25, -0.2) is 4.98 Å². The molecule has 3 heterocycles. The zero-order valence-electron chi connectivity index (χ0n) is 22.9. The Kier molecular flexibility index (Phi) is 8.14. The predicted octanol–water partition coefficient (Wildman–Crippen LogP) is 6.88. The van der Waals surface area contributed by atoms with Crippen molar-refractivity contribution in [1.82, 2.24) is 14.8 Å². The number of aliphatic carboxylic acids is 1. The molecule has 6 heteroatoms. The Bertz CT molecular complexity index is 1220. The highest BCUT2D eigenvalue weighted by atomic mass is 32.1. The van der Waals surface area contributed by atoms with E-state index in [9.17, 15) is 9.90 Å². The van der Waals surface area contributed by atoms with Crippen LogP contribution in [0.15, 0.2) is 66.9 Å². The van der Waals surface area contributed by atoms with Gasteiger partial charge in [-0.1, -0.05) is 79.9 Å². The van der Waals surface area contributed by atoms with Gasteiger partial charge in [-0.05, 0) is 56.2 Å². The Morgan fingerprint density at radius 1 is 0.949 bits per heavy atom. The molecule has 1 aromatic heterocycles. The number of nitrogens with zero attached hydrogens (tertiary/aromatic N) is 3. The minimum atomic E-state index is -0.642. The number of carbonyl (C=O) groups is 1. The van der Waals surface area contributed by atoms with Crippen LogP contribution in [-0.4, -0.2) is 64.1 Å². The third-order valence-electron chi connectivity index (χ3n) is 9.63. The Morgan fingerprint density at radius 3 is 2.33 bits per heavy atom. The molecule has 0 spiro atoms. The van der Waals surface area contributed by atoms with Crippen LogP contribution in [-0.2, 0) is 4.79 Å². The molecule has 206 valence electrons. The molecule has 0 amide bonds. The molecule has 5 nitrogen and oxygen atoms in total. The predicted molar refractivity (Wildman–Crippen MR) is 158 cm³/mol. The third-order valence-corrected chi connectivity index (χ3v) is 10.8. The summed E-state index contributed by atoms with van der Waals surface area (Å²) in [5, 5.41) is 11.0. The number of hydrogen-bond acceptors (Lipinski definition) is 5. The van der Waals surface area contributed by atoms with Gasteiger partial charge in [0.1, 0.15) is 5.01 Å². The number of benzene rings is 2. The molecule has 2 unspecified atom stereocenters. The molecule has 2 aromatic carbocycles. The highest BCUT2D eigenvalue weighted by molar-refractivity contribution is 7.15. The molecule has 3 aromatic rings. The van der Waals surface area contributed by atoms with E-state index >= 15 is 0 Å². The lowest BCUT2D eigenvalue weighted by atomic mass is 9.78. The van der Waals surface area contributed by atoms with Crippen LogP contribution >= 0.6 is 11.3 Å². The lowest BCUT2D eigenvalue weighted by molar-refractivity contribution is -0.141. The minimum Gasteiger partial charge on any atom is -0.481 e. The molecule has 0 bridgehead atoms. The fourth-order valence-electron chi connectivity index (χ4n) is 7.54. The van der Waals surface area contributed by atoms with Crippen molar-refractivity contribution in [1.29, 1.82) is 0 Å². The number of carboxylic acids is 1. The lowest BCUT2D eigenvalue weighted by Crippen LogP contribution is -2.50. The van der Waals surface area contributed by atoms with Crippen molar-refractivity contribution < 1.29 is 9.90 Å². The molecule has 2 atom stereocenters. The second-order valence-corrected chi connectivity index (χ2v) is 13.1. The number of likely N-dealkylation sites (tertiary alicyclic amines) is 2. The van der Waals surface area contributed by atoms with Crippen LogP contribution in [0.5, 0.6) is 0 Å². The average Bonchev–Trinajstić information content (AvgIpc) is 3.63. The third kappa shape index (κ3) is 5.98. The summed E-state index contributed by atoms with van der Waals surface area (Å²) in [6, 6.07) is 21.5. The first-order chi connectivity index (χ1) is 19.1. The van der Waals surface area contributed by atoms with E-state index in [1.807, 2.05) is 11.3 Å². The van der Waals surface area contributed by atoms with Crippen LogP contribution in [0, 0.1) is 5.92 Å². The fourth-order valence-corrected chi connectivity index (χ4v) is 8.63. The van der Waals surface area contributed by atoms with E-state index in [1.54, 1.807) is 0 Å². The Hall–Kier alpha value is -2.54. The van der Waals surface area contributed by atoms with Crippen molar-refractivity contribution in [3.8, 4) is 10.6 Å². The zero-order valence-corrected chi connectivity index (χ0v) is 23.7. The van der Waals surface area contributed by atoms with Crippen molar-refractivity contribution in [2.24, 2.45) is 5.92 Å². The van der Waals surface area contributed by atoms with Gasteiger partial charge in [0.15, 0.2) is 0 Å². The van der Waals surface area contributed by atoms with Crippen molar-refractivity contribution in [3.63, 3.8) is 0 Å². The molecule has 2 saturated heterocycles. The van der Waals surface area contributed by atoms with Gasteiger partial charge in [0.2, 0.25) is 0 Å². The maximum atomic E-state index is 12.0. The molecule has 3 fully saturated rings. The number of piperidine rings is 1. The van der Waals surface area contributed by atoms with Crippen LogP contribution in [0.25, 0.3) is 10.6 Å². The van der Waals surface area contributed by atoms with E-state index in [2.05, 4.69) is 76.7 Å². The first kappa shape index (κ1) is 26.7. The van der Waals surface area contributed by atoms with Gasteiger partial charge < -0.3 is 10.0 Å². The summed E-state index contributed by atoms with van der Waals surface area (Å²) < 4.78 is 0. The first-order valence-electron chi connectivity index (χ1n) is 14.8. The van der Waals surface area contributed by atoms with Crippen molar-refractivity contribution >= 4 is 17.3 Å². The average molecular weight is 544 g/mol. The normalized spacial score (nSPS) is 24.6. The van der Waals surface area contributed by atoms with Crippen molar-refractivity contribution in [3.05, 3.63) is 77.3 Å². The molecular weight excluding hydrogens is 502 g/mol. The van der Waals surface area contributed by atoms with Gasteiger partial charge in [0.25, 0.3) is 0 Å². The quantitative estimate of drug-likeness (QED) is 0.336. The van der Waals surface area contributed by atoms with Crippen LogP contribution in [0.2, 0.25) is 0 Å². The van der Waals surface area contributed by atoms with Crippen molar-refractivity contribution in [2.75, 3.05) is 32.7 Å². The van der Waals surface area contributed by atoms with E-state index in [-0.39, 0.29) is 12.0 Å². The zero-order chi connectivity index (χ0) is 26.7. The molecule has 3 aliphatic rings. The van der Waals surface area contributed by atoms with E-state index in [0.29, 0.717) is 17.8 Å². The Balaban J connectivity index is 1.13. The summed E-state index contributed by atoms with van der Waals surface area (Å²) in [6.07, 6.45) is 10.4. The monoisotopic (exact) mass is 543 g/mol. The van der Waals surface area contributed by atoms with Gasteiger partial charge in [-0.3, -0.25) is 9.69 Å². The summed E-state index contributed by atoms with van der Waals surface area (Å²) >= 11 is 1.86. The van der Waals surface area contributed by atoms with Gasteiger partial charge in [0.05, 0.1) is 6.42 Å². The summed E-state index contributed by atoms with van der Waals surface area (Å²) in [5.41, 5.74) is 2.46. The molecule has 6 rings (SSSR count). The van der Waals surface area contributed by atoms with Gasteiger partial charge >= 0.3 is 5.97 Å². The number of thiazole rings is 1. The van der Waals surface area contributed by atoms with Crippen LogP contribution < -0.4 is 0 Å². The van der Waals surface area contributed by atoms with E-state index in [0.717, 1.165) is 63.4 Å². The van der Waals surface area contributed by atoms with Crippen molar-refractivity contribution in [2.45, 2.75) is 68.7 Å². The van der Waals surface area contributed by atoms with Crippen LogP contribution in [0.3, 0.4) is 0 Å². The summed E-state index contributed by atoms with van der Waals surface area (Å²) in [7, 11) is 0. The topological polar surface area (TPSA) is 56.7 Å². The first-order valence-corrected chi connectivity index (χ1v) is 15.7. The van der Waals surface area contributed by atoms with E-state index in [1.165, 1.54) is 35.3 Å². The van der Waals surface area contributed by atoms with Gasteiger partial charge in [0, 0.05) is 47.7 Å². The molecule has 1 N–H and O–H groups in total. The molecule has 0 radical (unpaired) electrons. The number of hydrogen-bond donors (Lipinski definition) is 1. The summed E-state index contributed by atoms with van der Waals surface area (Å²) in [6.45, 7) is 5.36. The highest BCUT2D eigenvalue weighted by Crippen LogP contribution is 2.44. The maximum absolute atomic E-state index is 12.0. The molecule has 1 aliphatic carbocycles. The Labute approximate surface area is 236 Å². The molecule has 2 aliphatic heterocycles. The van der Waals surface area contributed by atoms with Gasteiger partial charge in [-0.15, -0.1) is 11.3 Å². The number of rotatable bonds is 8. The van der Waals surface area contributed by atoms with E-state index < -0.39 is 5.97 Å². The second kappa shape index (κ2) is 11.9. The second-order valence-electron chi connectivity index (χ2n) is 12.0. The fraction of sp³-hybridized carbons (Fsp3) is 0.515. The molecular formula is C33H41N3O2S. The van der Waals surface area contributed by atoms with E-state index in [4.69, 9.17) is 4.98 Å². The summed E-state index contributed by atoms with van der Waals surface area (Å²) in [5.74, 6) is 0.954. The highest BCUT2D eigenvalue weighted by Gasteiger charge is 2.46. The SMILES string of the molecule is O=C(O)CC1(N2CC(CN3CCC(c4cnc(-c5ccccc5)s4)CC3)C(c3ccccc3)C2)CCCCC1. The number of carboxylic acid groups (broad SMARTS) is 1. The number of aromatic nitrogens is 1. The minimum absolute atomic E-state index is 0.165. The Morgan fingerprint density at radius 2 is 1.64 bits per heavy atom.